The number of hydrazone groups is 1. The molecule has 0 atom stereocenters. The number of amides is 3. The van der Waals surface area contributed by atoms with Gasteiger partial charge in [0.25, 0.3) is 5.91 Å². The highest BCUT2D eigenvalue weighted by Gasteiger charge is 2.35. The van der Waals surface area contributed by atoms with Gasteiger partial charge in [-0.1, -0.05) is 52.9 Å². The van der Waals surface area contributed by atoms with Crippen LogP contribution in [0.2, 0.25) is 0 Å². The lowest BCUT2D eigenvalue weighted by Crippen LogP contribution is -2.32. The van der Waals surface area contributed by atoms with Gasteiger partial charge in [0.1, 0.15) is 6.54 Å². The van der Waals surface area contributed by atoms with Crippen LogP contribution in [0, 0.1) is 0 Å². The van der Waals surface area contributed by atoms with E-state index in [1.54, 1.807) is 6.21 Å². The number of carbonyl (C=O) groups excluding carboxylic acids is 2. The summed E-state index contributed by atoms with van der Waals surface area (Å²) in [6, 6.07) is 9.17. The van der Waals surface area contributed by atoms with Crippen molar-refractivity contribution in [2.75, 3.05) is 17.5 Å². The summed E-state index contributed by atoms with van der Waals surface area (Å²) in [5.74, 6) is -0.173. The summed E-state index contributed by atoms with van der Waals surface area (Å²) in [5.41, 5.74) is 0.899. The molecule has 2 rings (SSSR count). The number of benzene rings is 1. The summed E-state index contributed by atoms with van der Waals surface area (Å²) in [6.45, 7) is 0.518. The normalized spacial score (nSPS) is 15.7. The predicted octanol–water partition coefficient (Wildman–Crippen LogP) is 2.50. The summed E-state index contributed by atoms with van der Waals surface area (Å²) in [4.78, 5) is 25.1. The first-order valence-electron chi connectivity index (χ1n) is 6.49. The molecule has 0 unspecified atom stereocenters. The quantitative estimate of drug-likeness (QED) is 0.249. The van der Waals surface area contributed by atoms with E-state index in [2.05, 4.69) is 27.7 Å². The van der Waals surface area contributed by atoms with Gasteiger partial charge in [-0.25, -0.2) is 9.80 Å². The number of carbonyl (C=O) groups is 2. The number of halogens is 1. The van der Waals surface area contributed by atoms with E-state index in [4.69, 9.17) is 0 Å². The third-order valence-corrected chi connectivity index (χ3v) is 3.71. The lowest BCUT2D eigenvalue weighted by atomic mass is 10.2. The number of imide groups is 1. The van der Waals surface area contributed by atoms with Crippen LogP contribution in [-0.2, 0) is 4.79 Å². The molecular formula is C14H16IN3O2. The standard InChI is InChI=1S/C14H16IN3O2/c15-8-4-5-9-17-13(19)11-18(14(17)20)16-10-12-6-2-1-3-7-12/h1-3,6-7,10H,4-5,8-9,11H2. The van der Waals surface area contributed by atoms with Crippen LogP contribution in [0.5, 0.6) is 0 Å². The minimum atomic E-state index is -0.323. The Morgan fingerprint density at radius 2 is 1.95 bits per heavy atom. The Morgan fingerprint density at radius 1 is 1.20 bits per heavy atom. The smallest absolute Gasteiger partial charge is 0.272 e. The van der Waals surface area contributed by atoms with Gasteiger partial charge in [0.05, 0.1) is 6.21 Å². The molecule has 0 spiro atoms. The number of hydrogen-bond acceptors (Lipinski definition) is 3. The van der Waals surface area contributed by atoms with Crippen LogP contribution in [0.1, 0.15) is 18.4 Å². The van der Waals surface area contributed by atoms with E-state index in [1.165, 1.54) is 9.91 Å². The highest BCUT2D eigenvalue weighted by molar-refractivity contribution is 14.1. The summed E-state index contributed by atoms with van der Waals surface area (Å²) < 4.78 is 1.03. The van der Waals surface area contributed by atoms with Gasteiger partial charge in [-0.15, -0.1) is 0 Å². The average Bonchev–Trinajstić information content (AvgIpc) is 2.74. The Hall–Kier alpha value is -1.44. The average molecular weight is 385 g/mol. The first kappa shape index (κ1) is 15.0. The maximum absolute atomic E-state index is 12.0. The minimum Gasteiger partial charge on any atom is -0.272 e. The topological polar surface area (TPSA) is 53.0 Å². The molecule has 1 aliphatic heterocycles. The van der Waals surface area contributed by atoms with Gasteiger partial charge in [0.15, 0.2) is 0 Å². The van der Waals surface area contributed by atoms with Crippen LogP contribution in [0.4, 0.5) is 4.79 Å². The van der Waals surface area contributed by atoms with E-state index in [9.17, 15) is 9.59 Å². The fraction of sp³-hybridized carbons (Fsp3) is 0.357. The van der Waals surface area contributed by atoms with E-state index >= 15 is 0 Å². The molecule has 5 nitrogen and oxygen atoms in total. The zero-order valence-corrected chi connectivity index (χ0v) is 13.2. The number of nitrogens with zero attached hydrogens (tertiary/aromatic N) is 3. The molecule has 3 amide bonds. The lowest BCUT2D eigenvalue weighted by Gasteiger charge is -2.13. The molecule has 0 aliphatic carbocycles. The zero-order valence-electron chi connectivity index (χ0n) is 11.0. The molecule has 6 heteroatoms. The molecule has 0 aromatic heterocycles. The lowest BCUT2D eigenvalue weighted by molar-refractivity contribution is -0.125. The molecule has 106 valence electrons. The largest absolute Gasteiger partial charge is 0.347 e. The number of rotatable bonds is 6. The number of alkyl halides is 1. The molecule has 1 aromatic rings. The molecule has 1 aromatic carbocycles. The Kier molecular flexibility index (Phi) is 5.51. The monoisotopic (exact) mass is 385 g/mol. The molecule has 0 bridgehead atoms. The zero-order chi connectivity index (χ0) is 14.4. The van der Waals surface area contributed by atoms with Crippen molar-refractivity contribution in [1.29, 1.82) is 0 Å². The van der Waals surface area contributed by atoms with E-state index < -0.39 is 0 Å². The predicted molar refractivity (Wildman–Crippen MR) is 86.0 cm³/mol. The van der Waals surface area contributed by atoms with Crippen molar-refractivity contribution in [3.63, 3.8) is 0 Å². The van der Waals surface area contributed by atoms with E-state index in [1.807, 2.05) is 30.3 Å². The van der Waals surface area contributed by atoms with Crippen LogP contribution in [-0.4, -0.2) is 45.6 Å². The van der Waals surface area contributed by atoms with E-state index in [0.717, 1.165) is 22.8 Å². The summed E-state index contributed by atoms with van der Waals surface area (Å²) in [7, 11) is 0. The maximum atomic E-state index is 12.0. The maximum Gasteiger partial charge on any atom is 0.347 e. The number of hydrogen-bond donors (Lipinski definition) is 0. The molecule has 0 N–H and O–H groups in total. The summed E-state index contributed by atoms with van der Waals surface area (Å²) >= 11 is 2.29. The Bertz CT molecular complexity index is 504. The van der Waals surface area contributed by atoms with Crippen LogP contribution < -0.4 is 0 Å². The second-order valence-corrected chi connectivity index (χ2v) is 5.52. The van der Waals surface area contributed by atoms with Crippen molar-refractivity contribution in [2.24, 2.45) is 5.10 Å². The van der Waals surface area contributed by atoms with Gasteiger partial charge in [0, 0.05) is 6.54 Å². The van der Waals surface area contributed by atoms with Gasteiger partial charge in [-0.3, -0.25) is 9.69 Å². The Morgan fingerprint density at radius 3 is 2.65 bits per heavy atom. The van der Waals surface area contributed by atoms with Crippen molar-refractivity contribution in [1.82, 2.24) is 9.91 Å². The molecule has 20 heavy (non-hydrogen) atoms. The molecule has 0 radical (unpaired) electrons. The molecular weight excluding hydrogens is 369 g/mol. The van der Waals surface area contributed by atoms with Crippen molar-refractivity contribution in [2.45, 2.75) is 12.8 Å². The second-order valence-electron chi connectivity index (χ2n) is 4.44. The van der Waals surface area contributed by atoms with Gasteiger partial charge in [-0.05, 0) is 22.8 Å². The second kappa shape index (κ2) is 7.37. The van der Waals surface area contributed by atoms with Gasteiger partial charge < -0.3 is 0 Å². The Labute approximate surface area is 131 Å². The third kappa shape index (κ3) is 3.78. The van der Waals surface area contributed by atoms with Gasteiger partial charge in [0.2, 0.25) is 0 Å². The van der Waals surface area contributed by atoms with Crippen LogP contribution in [0.15, 0.2) is 35.4 Å². The third-order valence-electron chi connectivity index (χ3n) is 2.95. The minimum absolute atomic E-state index is 0.0341. The highest BCUT2D eigenvalue weighted by Crippen LogP contribution is 2.12. The van der Waals surface area contributed by atoms with Crippen LogP contribution >= 0.6 is 22.6 Å². The summed E-state index contributed by atoms with van der Waals surface area (Å²) in [5, 5.41) is 5.32. The first-order chi connectivity index (χ1) is 9.72. The SMILES string of the molecule is O=C1CN(N=Cc2ccccc2)C(=O)N1CCCCI. The molecule has 1 heterocycles. The first-order valence-corrected chi connectivity index (χ1v) is 8.02. The Balaban J connectivity index is 1.96. The van der Waals surface area contributed by atoms with E-state index in [-0.39, 0.29) is 18.5 Å². The van der Waals surface area contributed by atoms with Crippen molar-refractivity contribution >= 4 is 40.7 Å². The molecule has 1 aliphatic rings. The van der Waals surface area contributed by atoms with Gasteiger partial charge >= 0.3 is 6.03 Å². The highest BCUT2D eigenvalue weighted by atomic mass is 127. The van der Waals surface area contributed by atoms with Crippen molar-refractivity contribution < 1.29 is 9.59 Å². The molecule has 0 saturated carbocycles. The van der Waals surface area contributed by atoms with Crippen molar-refractivity contribution in [3.05, 3.63) is 35.9 Å². The molecule has 1 fully saturated rings. The number of unbranched alkanes of at least 4 members (excludes halogenated alkanes) is 1. The fourth-order valence-corrected chi connectivity index (χ4v) is 2.42. The van der Waals surface area contributed by atoms with Crippen molar-refractivity contribution in [3.8, 4) is 0 Å². The van der Waals surface area contributed by atoms with Crippen LogP contribution in [0.3, 0.4) is 0 Å². The van der Waals surface area contributed by atoms with Gasteiger partial charge in [-0.2, -0.15) is 5.10 Å². The fourth-order valence-electron chi connectivity index (χ4n) is 1.88. The number of urea groups is 1. The summed E-state index contributed by atoms with van der Waals surface area (Å²) in [6.07, 6.45) is 3.45. The van der Waals surface area contributed by atoms with E-state index in [0.29, 0.717) is 6.54 Å². The van der Waals surface area contributed by atoms with Crippen LogP contribution in [0.25, 0.3) is 0 Å². The molecule has 1 saturated heterocycles.